The molecule has 0 saturated carbocycles. The summed E-state index contributed by atoms with van der Waals surface area (Å²) in [7, 11) is 0. The molecule has 2 rings (SSSR count). The zero-order valence-corrected chi connectivity index (χ0v) is 10.7. The highest BCUT2D eigenvalue weighted by Gasteiger charge is 2.29. The number of carbonyl (C=O) groups is 1. The standard InChI is InChI=1S/C12H14ClNO4/c1-6-8(13)4-9-11(18-3-2-17-9)10(6)7(5-14)12(15)16/h4,7H,2-3,5,14H2,1H3,(H,15,16). The Morgan fingerprint density at radius 2 is 2.22 bits per heavy atom. The lowest BCUT2D eigenvalue weighted by molar-refractivity contribution is -0.138. The number of aliphatic carboxylic acids is 1. The van der Waals surface area contributed by atoms with Gasteiger partial charge in [-0.1, -0.05) is 11.6 Å². The van der Waals surface area contributed by atoms with E-state index in [-0.39, 0.29) is 6.54 Å². The van der Waals surface area contributed by atoms with Crippen LogP contribution >= 0.6 is 11.6 Å². The van der Waals surface area contributed by atoms with Crippen LogP contribution in [-0.2, 0) is 4.79 Å². The molecule has 0 aromatic heterocycles. The van der Waals surface area contributed by atoms with E-state index in [1.807, 2.05) is 0 Å². The first-order chi connectivity index (χ1) is 8.56. The third-order valence-corrected chi connectivity index (χ3v) is 3.35. The number of ether oxygens (including phenoxy) is 2. The van der Waals surface area contributed by atoms with Crippen LogP contribution in [0.4, 0.5) is 0 Å². The van der Waals surface area contributed by atoms with Crippen molar-refractivity contribution in [3.05, 3.63) is 22.2 Å². The van der Waals surface area contributed by atoms with Gasteiger partial charge in [0.2, 0.25) is 0 Å². The molecule has 3 N–H and O–H groups in total. The number of nitrogens with two attached hydrogens (primary N) is 1. The van der Waals surface area contributed by atoms with Crippen LogP contribution in [0.2, 0.25) is 5.02 Å². The van der Waals surface area contributed by atoms with Gasteiger partial charge in [-0.05, 0) is 12.5 Å². The van der Waals surface area contributed by atoms with E-state index in [2.05, 4.69) is 0 Å². The Balaban J connectivity index is 2.63. The highest BCUT2D eigenvalue weighted by atomic mass is 35.5. The van der Waals surface area contributed by atoms with E-state index in [0.717, 1.165) is 0 Å². The molecule has 0 fully saturated rings. The molecule has 0 amide bonds. The second-order valence-electron chi connectivity index (χ2n) is 4.05. The summed E-state index contributed by atoms with van der Waals surface area (Å²) in [5.41, 5.74) is 6.71. The van der Waals surface area contributed by atoms with Crippen molar-refractivity contribution >= 4 is 17.6 Å². The van der Waals surface area contributed by atoms with Gasteiger partial charge in [-0.15, -0.1) is 0 Å². The Morgan fingerprint density at radius 1 is 1.56 bits per heavy atom. The molecule has 1 aliphatic rings. The molecule has 98 valence electrons. The summed E-state index contributed by atoms with van der Waals surface area (Å²) in [5.74, 6) is -0.925. The largest absolute Gasteiger partial charge is 0.486 e. The highest BCUT2D eigenvalue weighted by Crippen LogP contribution is 2.43. The van der Waals surface area contributed by atoms with E-state index in [0.29, 0.717) is 40.9 Å². The predicted molar refractivity (Wildman–Crippen MR) is 66.6 cm³/mol. The van der Waals surface area contributed by atoms with Crippen LogP contribution in [0, 0.1) is 6.92 Å². The fraction of sp³-hybridized carbons (Fsp3) is 0.417. The third kappa shape index (κ3) is 2.11. The molecule has 18 heavy (non-hydrogen) atoms. The summed E-state index contributed by atoms with van der Waals surface area (Å²) in [6.45, 7) is 2.54. The topological polar surface area (TPSA) is 81.8 Å². The minimum Gasteiger partial charge on any atom is -0.486 e. The fourth-order valence-corrected chi connectivity index (χ4v) is 2.23. The average Bonchev–Trinajstić information content (AvgIpc) is 2.34. The van der Waals surface area contributed by atoms with Crippen molar-refractivity contribution in [2.75, 3.05) is 19.8 Å². The number of rotatable bonds is 3. The predicted octanol–water partition coefficient (Wildman–Crippen LogP) is 1.55. The van der Waals surface area contributed by atoms with Crippen LogP contribution in [0.1, 0.15) is 17.0 Å². The van der Waals surface area contributed by atoms with E-state index < -0.39 is 11.9 Å². The molecule has 0 spiro atoms. The molecule has 1 aromatic rings. The van der Waals surface area contributed by atoms with Crippen LogP contribution in [0.15, 0.2) is 6.07 Å². The Kier molecular flexibility index (Phi) is 3.63. The van der Waals surface area contributed by atoms with Crippen molar-refractivity contribution < 1.29 is 19.4 Å². The van der Waals surface area contributed by atoms with Gasteiger partial charge in [-0.3, -0.25) is 4.79 Å². The number of benzene rings is 1. The van der Waals surface area contributed by atoms with Crippen molar-refractivity contribution in [1.29, 1.82) is 0 Å². The second kappa shape index (κ2) is 5.04. The Labute approximate surface area is 109 Å². The zero-order chi connectivity index (χ0) is 13.3. The lowest BCUT2D eigenvalue weighted by Gasteiger charge is -2.25. The first-order valence-electron chi connectivity index (χ1n) is 5.57. The van der Waals surface area contributed by atoms with E-state index in [4.69, 9.17) is 26.8 Å². The van der Waals surface area contributed by atoms with Gasteiger partial charge >= 0.3 is 5.97 Å². The summed E-state index contributed by atoms with van der Waals surface area (Å²) in [6, 6.07) is 1.64. The molecule has 1 aromatic carbocycles. The average molecular weight is 272 g/mol. The smallest absolute Gasteiger partial charge is 0.312 e. The Bertz CT molecular complexity index is 489. The number of hydrogen-bond acceptors (Lipinski definition) is 4. The maximum absolute atomic E-state index is 11.3. The lowest BCUT2D eigenvalue weighted by atomic mass is 9.93. The van der Waals surface area contributed by atoms with Crippen LogP contribution < -0.4 is 15.2 Å². The minimum atomic E-state index is -1.00. The van der Waals surface area contributed by atoms with E-state index >= 15 is 0 Å². The molecule has 1 heterocycles. The van der Waals surface area contributed by atoms with Crippen LogP contribution in [0.25, 0.3) is 0 Å². The van der Waals surface area contributed by atoms with Gasteiger partial charge in [0.1, 0.15) is 13.2 Å². The quantitative estimate of drug-likeness (QED) is 0.872. The van der Waals surface area contributed by atoms with E-state index in [1.54, 1.807) is 13.0 Å². The van der Waals surface area contributed by atoms with Crippen molar-refractivity contribution in [1.82, 2.24) is 0 Å². The number of carboxylic acids is 1. The van der Waals surface area contributed by atoms with Gasteiger partial charge < -0.3 is 20.3 Å². The Hall–Kier alpha value is -1.46. The van der Waals surface area contributed by atoms with Gasteiger partial charge in [0.25, 0.3) is 0 Å². The molecule has 0 aliphatic carbocycles. The molecule has 0 bridgehead atoms. The van der Waals surface area contributed by atoms with Crippen molar-refractivity contribution in [2.45, 2.75) is 12.8 Å². The normalized spacial score (nSPS) is 15.3. The van der Waals surface area contributed by atoms with Gasteiger partial charge in [0.05, 0.1) is 5.92 Å². The van der Waals surface area contributed by atoms with Gasteiger partial charge in [-0.25, -0.2) is 0 Å². The summed E-state index contributed by atoms with van der Waals surface area (Å²) in [5, 5.41) is 9.68. The summed E-state index contributed by atoms with van der Waals surface area (Å²) in [6.07, 6.45) is 0. The van der Waals surface area contributed by atoms with Gasteiger partial charge in [0, 0.05) is 23.2 Å². The molecular weight excluding hydrogens is 258 g/mol. The minimum absolute atomic E-state index is 0.0215. The number of fused-ring (bicyclic) bond motifs is 1. The van der Waals surface area contributed by atoms with Crippen LogP contribution in [0.5, 0.6) is 11.5 Å². The molecule has 6 heteroatoms. The Morgan fingerprint density at radius 3 is 2.83 bits per heavy atom. The summed E-state index contributed by atoms with van der Waals surface area (Å²) >= 11 is 6.09. The maximum atomic E-state index is 11.3. The highest BCUT2D eigenvalue weighted by molar-refractivity contribution is 6.31. The number of halogens is 1. The summed E-state index contributed by atoms with van der Waals surface area (Å²) < 4.78 is 11.0. The zero-order valence-electron chi connectivity index (χ0n) is 9.90. The molecule has 0 saturated heterocycles. The van der Waals surface area contributed by atoms with Crippen molar-refractivity contribution in [3.8, 4) is 11.5 Å². The molecule has 1 atom stereocenters. The van der Waals surface area contributed by atoms with Crippen LogP contribution in [0.3, 0.4) is 0 Å². The molecular formula is C12H14ClNO4. The SMILES string of the molecule is Cc1c(Cl)cc2c(c1C(CN)C(=O)O)OCCO2. The monoisotopic (exact) mass is 271 g/mol. The van der Waals surface area contributed by atoms with Crippen molar-refractivity contribution in [3.63, 3.8) is 0 Å². The first-order valence-corrected chi connectivity index (χ1v) is 5.95. The number of carboxylic acid groups (broad SMARTS) is 1. The van der Waals surface area contributed by atoms with Gasteiger partial charge in [0.15, 0.2) is 11.5 Å². The number of hydrogen-bond donors (Lipinski definition) is 2. The van der Waals surface area contributed by atoms with Crippen molar-refractivity contribution in [2.24, 2.45) is 5.73 Å². The fourth-order valence-electron chi connectivity index (χ4n) is 2.03. The van der Waals surface area contributed by atoms with E-state index in [9.17, 15) is 9.90 Å². The van der Waals surface area contributed by atoms with Crippen LogP contribution in [-0.4, -0.2) is 30.8 Å². The maximum Gasteiger partial charge on any atom is 0.312 e. The lowest BCUT2D eigenvalue weighted by Crippen LogP contribution is -2.25. The molecule has 1 aliphatic heterocycles. The molecule has 5 nitrogen and oxygen atoms in total. The first kappa shape index (κ1) is 13.0. The third-order valence-electron chi connectivity index (χ3n) is 2.96. The van der Waals surface area contributed by atoms with Gasteiger partial charge in [-0.2, -0.15) is 0 Å². The second-order valence-corrected chi connectivity index (χ2v) is 4.45. The molecule has 0 radical (unpaired) electrons. The van der Waals surface area contributed by atoms with E-state index in [1.165, 1.54) is 0 Å². The summed E-state index contributed by atoms with van der Waals surface area (Å²) in [4.78, 5) is 11.3. The molecule has 1 unspecified atom stereocenters.